The minimum atomic E-state index is -1.39. The summed E-state index contributed by atoms with van der Waals surface area (Å²) in [6, 6.07) is 25.2. The Balaban J connectivity index is 1.44. The SMILES string of the molecule is COc1ccccc1C(=O)NCC1(c2ccccc2)CCC(=NNS(=O)c2ccc(C)cc2)CC1. The lowest BCUT2D eigenvalue weighted by atomic mass is 9.69. The number of hydrazone groups is 1. The lowest BCUT2D eigenvalue weighted by Gasteiger charge is -2.38. The van der Waals surface area contributed by atoms with Crippen molar-refractivity contribution < 1.29 is 13.7 Å². The van der Waals surface area contributed by atoms with Crippen LogP contribution in [0.5, 0.6) is 5.75 Å². The van der Waals surface area contributed by atoms with Crippen LogP contribution in [0.15, 0.2) is 88.9 Å². The van der Waals surface area contributed by atoms with Crippen molar-refractivity contribution in [2.45, 2.75) is 42.9 Å². The number of amides is 1. The second-order valence-electron chi connectivity index (χ2n) is 8.88. The minimum absolute atomic E-state index is 0.146. The third kappa shape index (κ3) is 5.98. The van der Waals surface area contributed by atoms with Gasteiger partial charge in [-0.15, -0.1) is 0 Å². The third-order valence-electron chi connectivity index (χ3n) is 6.63. The molecule has 0 heterocycles. The number of methoxy groups -OCH3 is 1. The zero-order valence-corrected chi connectivity index (χ0v) is 20.9. The molecule has 1 fully saturated rings. The number of benzene rings is 3. The summed E-state index contributed by atoms with van der Waals surface area (Å²) in [5, 5.41) is 7.62. The van der Waals surface area contributed by atoms with Gasteiger partial charge in [-0.05, 0) is 62.4 Å². The van der Waals surface area contributed by atoms with Gasteiger partial charge in [0.25, 0.3) is 5.91 Å². The molecule has 2 N–H and O–H groups in total. The number of nitrogens with zero attached hydrogens (tertiary/aromatic N) is 1. The molecule has 1 aliphatic rings. The molecular formula is C28H31N3O3S. The summed E-state index contributed by atoms with van der Waals surface area (Å²) in [6.07, 6.45) is 3.19. The van der Waals surface area contributed by atoms with Crippen molar-refractivity contribution in [1.29, 1.82) is 0 Å². The molecule has 0 aromatic heterocycles. The normalized spacial score (nSPS) is 18.4. The van der Waals surface area contributed by atoms with Crippen LogP contribution in [-0.4, -0.2) is 29.5 Å². The Morgan fingerprint density at radius 1 is 0.971 bits per heavy atom. The number of aryl methyl sites for hydroxylation is 1. The molecule has 4 rings (SSSR count). The third-order valence-corrected chi connectivity index (χ3v) is 7.59. The molecule has 7 heteroatoms. The maximum absolute atomic E-state index is 13.0. The summed E-state index contributed by atoms with van der Waals surface area (Å²) in [6.45, 7) is 2.52. The first-order valence-electron chi connectivity index (χ1n) is 11.8. The van der Waals surface area contributed by atoms with Crippen molar-refractivity contribution >= 4 is 22.6 Å². The lowest BCUT2D eigenvalue weighted by molar-refractivity contribution is 0.0937. The molecule has 35 heavy (non-hydrogen) atoms. The Hall–Kier alpha value is -3.45. The van der Waals surface area contributed by atoms with Gasteiger partial charge in [-0.25, -0.2) is 9.04 Å². The van der Waals surface area contributed by atoms with Crippen LogP contribution in [-0.2, 0) is 16.4 Å². The van der Waals surface area contributed by atoms with Crippen molar-refractivity contribution in [2.24, 2.45) is 5.10 Å². The van der Waals surface area contributed by atoms with E-state index in [-0.39, 0.29) is 11.3 Å². The molecule has 6 nitrogen and oxygen atoms in total. The molecule has 3 aromatic rings. The van der Waals surface area contributed by atoms with Gasteiger partial charge in [-0.3, -0.25) is 4.79 Å². The topological polar surface area (TPSA) is 79.8 Å². The first kappa shape index (κ1) is 24.7. The van der Waals surface area contributed by atoms with Crippen LogP contribution in [0, 0.1) is 6.92 Å². The fourth-order valence-electron chi connectivity index (χ4n) is 4.49. The highest BCUT2D eigenvalue weighted by Crippen LogP contribution is 2.38. The first-order chi connectivity index (χ1) is 17.0. The van der Waals surface area contributed by atoms with Crippen molar-refractivity contribution in [3.8, 4) is 5.75 Å². The Labute approximate surface area is 209 Å². The summed E-state index contributed by atoms with van der Waals surface area (Å²) in [4.78, 5) is 16.5. The minimum Gasteiger partial charge on any atom is -0.496 e. The van der Waals surface area contributed by atoms with E-state index in [1.54, 1.807) is 19.2 Å². The van der Waals surface area contributed by atoms with Gasteiger partial charge in [0.05, 0.1) is 17.6 Å². The molecule has 3 aromatic carbocycles. The highest BCUT2D eigenvalue weighted by molar-refractivity contribution is 7.83. The first-order valence-corrected chi connectivity index (χ1v) is 12.9. The molecule has 1 unspecified atom stereocenters. The predicted octanol–water partition coefficient (Wildman–Crippen LogP) is 4.91. The molecule has 0 bridgehead atoms. The van der Waals surface area contributed by atoms with Crippen molar-refractivity contribution in [3.63, 3.8) is 0 Å². The summed E-state index contributed by atoms with van der Waals surface area (Å²) < 4.78 is 17.9. The van der Waals surface area contributed by atoms with Crippen LogP contribution >= 0.6 is 0 Å². The number of carbonyl (C=O) groups is 1. The molecule has 1 amide bonds. The fraction of sp³-hybridized carbons (Fsp3) is 0.286. The number of hydrogen-bond donors (Lipinski definition) is 2. The maximum atomic E-state index is 13.0. The van der Waals surface area contributed by atoms with E-state index in [1.807, 2.05) is 61.5 Å². The molecule has 0 saturated heterocycles. The second kappa shape index (κ2) is 11.3. The zero-order valence-electron chi connectivity index (χ0n) is 20.1. The van der Waals surface area contributed by atoms with E-state index in [0.29, 0.717) is 22.8 Å². The summed E-state index contributed by atoms with van der Waals surface area (Å²) >= 11 is 0. The van der Waals surface area contributed by atoms with Gasteiger partial charge < -0.3 is 10.1 Å². The molecule has 1 saturated carbocycles. The van der Waals surface area contributed by atoms with Gasteiger partial charge in [-0.1, -0.05) is 60.2 Å². The van der Waals surface area contributed by atoms with Crippen LogP contribution in [0.2, 0.25) is 0 Å². The van der Waals surface area contributed by atoms with Gasteiger partial charge in [0.2, 0.25) is 0 Å². The maximum Gasteiger partial charge on any atom is 0.255 e. The summed E-state index contributed by atoms with van der Waals surface area (Å²) in [7, 11) is 0.180. The molecule has 0 radical (unpaired) electrons. The quantitative estimate of drug-likeness (QED) is 0.441. The standard InChI is InChI=1S/C28H31N3O3S/c1-21-12-14-24(15-13-21)35(33)31-30-23-16-18-28(19-17-23,22-8-4-3-5-9-22)20-29-27(32)25-10-6-7-11-26(25)34-2/h3-15,31H,16-20H2,1-2H3,(H,29,32). The Morgan fingerprint density at radius 3 is 2.31 bits per heavy atom. The predicted molar refractivity (Wildman–Crippen MR) is 140 cm³/mol. The van der Waals surface area contributed by atoms with E-state index in [2.05, 4.69) is 27.4 Å². The van der Waals surface area contributed by atoms with Crippen molar-refractivity contribution in [1.82, 2.24) is 10.1 Å². The molecule has 182 valence electrons. The molecule has 0 aliphatic heterocycles. The molecule has 1 atom stereocenters. The molecule has 0 spiro atoms. The van der Waals surface area contributed by atoms with E-state index in [1.165, 1.54) is 5.56 Å². The summed E-state index contributed by atoms with van der Waals surface area (Å²) in [5.41, 5.74) is 3.65. The van der Waals surface area contributed by atoms with Crippen LogP contribution in [0.4, 0.5) is 0 Å². The number of ether oxygens (including phenoxy) is 1. The Kier molecular flexibility index (Phi) is 7.98. The Morgan fingerprint density at radius 2 is 1.63 bits per heavy atom. The van der Waals surface area contributed by atoms with E-state index in [4.69, 9.17) is 4.74 Å². The number of para-hydroxylation sites is 1. The van der Waals surface area contributed by atoms with Gasteiger partial charge in [-0.2, -0.15) is 5.10 Å². The number of nitrogens with one attached hydrogen (secondary N) is 2. The number of hydrogen-bond acceptors (Lipinski definition) is 4. The van der Waals surface area contributed by atoms with E-state index < -0.39 is 11.0 Å². The van der Waals surface area contributed by atoms with Gasteiger partial charge in [0.1, 0.15) is 5.75 Å². The highest BCUT2D eigenvalue weighted by atomic mass is 32.2. The summed E-state index contributed by atoms with van der Waals surface area (Å²) in [5.74, 6) is 0.414. The Bertz CT molecular complexity index is 1200. The smallest absolute Gasteiger partial charge is 0.255 e. The highest BCUT2D eigenvalue weighted by Gasteiger charge is 2.36. The molecular weight excluding hydrogens is 458 g/mol. The van der Waals surface area contributed by atoms with Crippen LogP contribution in [0.25, 0.3) is 0 Å². The van der Waals surface area contributed by atoms with E-state index in [9.17, 15) is 9.00 Å². The average Bonchev–Trinajstić information content (AvgIpc) is 2.92. The van der Waals surface area contributed by atoms with E-state index >= 15 is 0 Å². The fourth-order valence-corrected chi connectivity index (χ4v) is 5.19. The average molecular weight is 490 g/mol. The second-order valence-corrected chi connectivity index (χ2v) is 10.1. The van der Waals surface area contributed by atoms with Gasteiger partial charge >= 0.3 is 0 Å². The van der Waals surface area contributed by atoms with Crippen LogP contribution < -0.4 is 14.9 Å². The van der Waals surface area contributed by atoms with Gasteiger partial charge in [0.15, 0.2) is 11.0 Å². The number of carbonyl (C=O) groups excluding carboxylic acids is 1. The van der Waals surface area contributed by atoms with E-state index in [0.717, 1.165) is 37.0 Å². The van der Waals surface area contributed by atoms with Crippen molar-refractivity contribution in [3.05, 3.63) is 95.6 Å². The monoisotopic (exact) mass is 489 g/mol. The zero-order chi connectivity index (χ0) is 24.7. The molecule has 1 aliphatic carbocycles. The van der Waals surface area contributed by atoms with Crippen molar-refractivity contribution in [2.75, 3.05) is 13.7 Å². The van der Waals surface area contributed by atoms with Crippen LogP contribution in [0.1, 0.15) is 47.2 Å². The number of rotatable bonds is 8. The lowest BCUT2D eigenvalue weighted by Crippen LogP contribution is -2.43. The largest absolute Gasteiger partial charge is 0.496 e. The van der Waals surface area contributed by atoms with Crippen LogP contribution in [0.3, 0.4) is 0 Å². The van der Waals surface area contributed by atoms with Gasteiger partial charge in [0, 0.05) is 17.7 Å².